The second-order valence-corrected chi connectivity index (χ2v) is 17.3. The molecule has 3 heterocycles. The molecule has 13 heteroatoms. The van der Waals surface area contributed by atoms with Gasteiger partial charge >= 0.3 is 5.97 Å². The predicted octanol–water partition coefficient (Wildman–Crippen LogP) is 6.44. The number of ether oxygens (including phenoxy) is 2. The van der Waals surface area contributed by atoms with E-state index < -0.39 is 12.0 Å². The Kier molecular flexibility index (Phi) is 15.2. The number of nitrogens with one attached hydrogen (secondary N) is 3. The number of hydrogen-bond donors (Lipinski definition) is 5. The van der Waals surface area contributed by atoms with Crippen molar-refractivity contribution in [2.24, 2.45) is 5.92 Å². The van der Waals surface area contributed by atoms with Crippen molar-refractivity contribution < 1.29 is 34.1 Å². The molecule has 2 fully saturated rings. The molecule has 2 aliphatic rings. The number of aromatic hydroxyl groups is 1. The van der Waals surface area contributed by atoms with Gasteiger partial charge in [-0.25, -0.2) is 0 Å². The predicted molar refractivity (Wildman–Crippen MR) is 252 cm³/mol. The fourth-order valence-corrected chi connectivity index (χ4v) is 8.94. The van der Waals surface area contributed by atoms with E-state index in [1.165, 1.54) is 17.7 Å². The third kappa shape index (κ3) is 11.9. The first-order valence-corrected chi connectivity index (χ1v) is 22.8. The van der Waals surface area contributed by atoms with Crippen LogP contribution in [-0.4, -0.2) is 94.8 Å². The Bertz CT molecular complexity index is 2630. The standard InChI is InChI=1S/C53H57N5O8/c59-46-22-20-44(45-21-23-48(61)56-51(45)46)47(60)31-54-30-36-16-18-40(19-17-36)52(63)55-42-14-8-26-58(33-42)49(62)35-65-43-15-7-13-41(29-43)50(39-11-5-2-6-12-39)53(64)66-34-38-24-27-57(28-25-38)32-37-9-3-1-4-10-37/h1-7,9-13,15-23,29,38,42,47,50,54,59-60H,8,14,24-28,30-35H2,(H,55,63)(H,56,61)/t42-,47+,50?/m1/s1. The first kappa shape index (κ1) is 45.8. The molecule has 0 aliphatic carbocycles. The van der Waals surface area contributed by atoms with Gasteiger partial charge in [-0.1, -0.05) is 91.0 Å². The number of aliphatic hydroxyl groups is 1. The van der Waals surface area contributed by atoms with Crippen LogP contribution in [0.25, 0.3) is 10.9 Å². The second-order valence-electron chi connectivity index (χ2n) is 17.3. The minimum absolute atomic E-state index is 0.0688. The van der Waals surface area contributed by atoms with E-state index >= 15 is 0 Å². The number of piperidine rings is 2. The maximum Gasteiger partial charge on any atom is 0.317 e. The lowest BCUT2D eigenvalue weighted by molar-refractivity contribution is -0.146. The van der Waals surface area contributed by atoms with Crippen LogP contribution < -0.4 is 20.9 Å². The molecule has 1 unspecified atom stereocenters. The van der Waals surface area contributed by atoms with E-state index in [0.717, 1.165) is 62.0 Å². The van der Waals surface area contributed by atoms with Crippen molar-refractivity contribution in [3.05, 3.63) is 177 Å². The van der Waals surface area contributed by atoms with Crippen molar-refractivity contribution in [3.63, 3.8) is 0 Å². The van der Waals surface area contributed by atoms with E-state index in [4.69, 9.17) is 9.47 Å². The molecular formula is C53H57N5O8. The quantitative estimate of drug-likeness (QED) is 0.0642. The number of amides is 2. The Hall–Kier alpha value is -6.80. The summed E-state index contributed by atoms with van der Waals surface area (Å²) >= 11 is 0. The van der Waals surface area contributed by atoms with Gasteiger partial charge in [0.05, 0.1) is 18.2 Å². The van der Waals surface area contributed by atoms with E-state index in [0.29, 0.717) is 54.4 Å². The lowest BCUT2D eigenvalue weighted by Gasteiger charge is -2.33. The van der Waals surface area contributed by atoms with Gasteiger partial charge in [0.1, 0.15) is 17.4 Å². The number of benzene rings is 5. The number of aromatic amines is 1. The van der Waals surface area contributed by atoms with Crippen LogP contribution in [0.5, 0.6) is 11.5 Å². The molecule has 342 valence electrons. The van der Waals surface area contributed by atoms with Gasteiger partial charge < -0.3 is 40.2 Å². The van der Waals surface area contributed by atoms with Crippen LogP contribution in [0, 0.1) is 5.92 Å². The average molecular weight is 892 g/mol. The average Bonchev–Trinajstić information content (AvgIpc) is 3.34. The Morgan fingerprint density at radius 1 is 0.788 bits per heavy atom. The van der Waals surface area contributed by atoms with Crippen LogP contribution in [-0.2, 0) is 27.4 Å². The van der Waals surface area contributed by atoms with Gasteiger partial charge in [-0.3, -0.25) is 24.1 Å². The highest BCUT2D eigenvalue weighted by Crippen LogP contribution is 2.31. The van der Waals surface area contributed by atoms with Gasteiger partial charge in [-0.2, -0.15) is 0 Å². The van der Waals surface area contributed by atoms with Crippen LogP contribution in [0.4, 0.5) is 0 Å². The SMILES string of the molecule is O=C(N[C@@H]1CCCN(C(=O)COc2cccc(C(C(=O)OCC3CCN(Cc4ccccc4)CC3)c3ccccc3)c2)C1)c1ccc(CNC[C@H](O)c2ccc(O)c3[nH]c(=O)ccc23)cc1. The third-order valence-corrected chi connectivity index (χ3v) is 12.6. The van der Waals surface area contributed by atoms with Crippen molar-refractivity contribution in [2.75, 3.05) is 45.9 Å². The zero-order chi connectivity index (χ0) is 45.8. The first-order valence-electron chi connectivity index (χ1n) is 22.8. The number of likely N-dealkylation sites (tertiary alicyclic amines) is 2. The molecule has 3 atom stereocenters. The summed E-state index contributed by atoms with van der Waals surface area (Å²) in [6.07, 6.45) is 2.51. The maximum absolute atomic E-state index is 13.8. The summed E-state index contributed by atoms with van der Waals surface area (Å²) in [4.78, 5) is 59.1. The number of fused-ring (bicyclic) bond motifs is 1. The molecule has 8 rings (SSSR count). The molecular weight excluding hydrogens is 835 g/mol. The molecule has 0 radical (unpaired) electrons. The van der Waals surface area contributed by atoms with Gasteiger partial charge in [-0.15, -0.1) is 0 Å². The third-order valence-electron chi connectivity index (χ3n) is 12.6. The second kappa shape index (κ2) is 21.9. The number of phenolic OH excluding ortho intramolecular Hbond substituents is 1. The monoisotopic (exact) mass is 891 g/mol. The van der Waals surface area contributed by atoms with Crippen molar-refractivity contribution in [3.8, 4) is 11.5 Å². The number of nitrogens with zero attached hydrogens (tertiary/aromatic N) is 2. The normalized spacial score (nSPS) is 16.6. The Labute approximate surface area is 384 Å². The zero-order valence-electron chi connectivity index (χ0n) is 36.9. The fourth-order valence-electron chi connectivity index (χ4n) is 8.94. The van der Waals surface area contributed by atoms with E-state index in [1.807, 2.05) is 66.7 Å². The van der Waals surface area contributed by atoms with E-state index in [-0.39, 0.29) is 53.8 Å². The molecule has 13 nitrogen and oxygen atoms in total. The number of H-pyrrole nitrogens is 1. The van der Waals surface area contributed by atoms with Gasteiger partial charge in [-0.05, 0) is 109 Å². The summed E-state index contributed by atoms with van der Waals surface area (Å²) < 4.78 is 12.1. The molecule has 5 aromatic carbocycles. The number of hydrogen-bond acceptors (Lipinski definition) is 10. The van der Waals surface area contributed by atoms with E-state index in [1.54, 1.807) is 35.2 Å². The maximum atomic E-state index is 13.8. The van der Waals surface area contributed by atoms with E-state index in [2.05, 4.69) is 44.8 Å². The molecule has 2 saturated heterocycles. The van der Waals surface area contributed by atoms with E-state index in [9.17, 15) is 29.4 Å². The summed E-state index contributed by atoms with van der Waals surface area (Å²) in [5.41, 5.74) is 4.75. The van der Waals surface area contributed by atoms with Crippen LogP contribution in [0.3, 0.4) is 0 Å². The van der Waals surface area contributed by atoms with Crippen LogP contribution in [0.1, 0.15) is 75.9 Å². The molecule has 66 heavy (non-hydrogen) atoms. The lowest BCUT2D eigenvalue weighted by Crippen LogP contribution is -2.50. The van der Waals surface area contributed by atoms with Gasteiger partial charge in [0, 0.05) is 55.8 Å². The number of aromatic nitrogens is 1. The Morgan fingerprint density at radius 2 is 1.53 bits per heavy atom. The van der Waals surface area contributed by atoms with Gasteiger partial charge in [0.2, 0.25) is 5.56 Å². The van der Waals surface area contributed by atoms with Crippen molar-refractivity contribution in [2.45, 2.75) is 56.8 Å². The summed E-state index contributed by atoms with van der Waals surface area (Å²) in [6, 6.07) is 40.3. The highest BCUT2D eigenvalue weighted by atomic mass is 16.5. The largest absolute Gasteiger partial charge is 0.506 e. The Morgan fingerprint density at radius 3 is 2.30 bits per heavy atom. The number of carbonyl (C=O) groups is 3. The number of rotatable bonds is 17. The first-order chi connectivity index (χ1) is 32.2. The minimum Gasteiger partial charge on any atom is -0.506 e. The number of phenols is 1. The van der Waals surface area contributed by atoms with Crippen molar-refractivity contribution >= 4 is 28.7 Å². The minimum atomic E-state index is -0.895. The molecule has 5 N–H and O–H groups in total. The molecule has 2 amide bonds. The number of pyridine rings is 1. The molecule has 1 aromatic heterocycles. The van der Waals surface area contributed by atoms with Gasteiger partial charge in [0.25, 0.3) is 11.8 Å². The molecule has 2 aliphatic heterocycles. The number of esters is 1. The van der Waals surface area contributed by atoms with Crippen LogP contribution in [0.15, 0.2) is 138 Å². The number of aliphatic hydroxyl groups excluding tert-OH is 1. The highest BCUT2D eigenvalue weighted by Gasteiger charge is 2.29. The van der Waals surface area contributed by atoms with Gasteiger partial charge in [0.15, 0.2) is 6.61 Å². The summed E-state index contributed by atoms with van der Waals surface area (Å²) in [5.74, 6) is -0.689. The Balaban J connectivity index is 0.793. The summed E-state index contributed by atoms with van der Waals surface area (Å²) in [7, 11) is 0. The number of carbonyl (C=O) groups excluding carboxylic acids is 3. The lowest BCUT2D eigenvalue weighted by atomic mass is 9.91. The van der Waals surface area contributed by atoms with Crippen molar-refractivity contribution in [1.82, 2.24) is 25.4 Å². The zero-order valence-corrected chi connectivity index (χ0v) is 36.9. The molecule has 0 saturated carbocycles. The molecule has 0 bridgehead atoms. The smallest absolute Gasteiger partial charge is 0.317 e. The van der Waals surface area contributed by atoms with Crippen LogP contribution in [0.2, 0.25) is 0 Å². The molecule has 0 spiro atoms. The molecule has 6 aromatic rings. The summed E-state index contributed by atoms with van der Waals surface area (Å²) in [6.45, 7) is 4.61. The summed E-state index contributed by atoms with van der Waals surface area (Å²) in [5, 5.41) is 27.9. The highest BCUT2D eigenvalue weighted by molar-refractivity contribution is 5.94. The van der Waals surface area contributed by atoms with Crippen LogP contribution >= 0.6 is 0 Å². The van der Waals surface area contributed by atoms with Crippen molar-refractivity contribution in [1.29, 1.82) is 0 Å². The topological polar surface area (TPSA) is 174 Å². The fraction of sp³-hybridized carbons (Fsp3) is 0.321.